The molecule has 0 spiro atoms. The Morgan fingerprint density at radius 1 is 1.12 bits per heavy atom. The largest absolute Gasteiger partial charge is 0.506 e. The van der Waals surface area contributed by atoms with Crippen LogP contribution in [0.15, 0.2) is 6.07 Å². The van der Waals surface area contributed by atoms with Crippen LogP contribution in [0.1, 0.15) is 32.7 Å². The summed E-state index contributed by atoms with van der Waals surface area (Å²) in [5.41, 5.74) is 1.62. The van der Waals surface area contributed by atoms with Crippen molar-refractivity contribution in [1.82, 2.24) is 10.2 Å². The highest BCUT2D eigenvalue weighted by molar-refractivity contribution is 6.32. The first-order valence-electron chi connectivity index (χ1n) is 12.6. The molecule has 2 amide bonds. The first-order chi connectivity index (χ1) is 18.8. The Hall–Kier alpha value is -3.85. The quantitative estimate of drug-likeness (QED) is 0.321. The van der Waals surface area contributed by atoms with Gasteiger partial charge in [-0.2, -0.15) is 13.2 Å². The standard InChI is InChI=1S/C26H29F3N4O8/c1-32(2)13-7-11(24(40)31-8-25(27,28)29)18(34)15-10(13)5-9-6-12-17(33(3)4)20(36)16(23(30)39)22(38)26(12,41)21(37)14(9)19(15)35/h7,9,12,14,16-17,34,41H,5-6,8H2,1-4H3,(H2,30,39)(H,31,40)/t9-,12-,14?,16?,17-,26-/m0/s1. The molecule has 3 aliphatic rings. The maximum atomic E-state index is 13.9. The molecule has 0 bridgehead atoms. The van der Waals surface area contributed by atoms with E-state index in [4.69, 9.17) is 5.73 Å². The number of rotatable bonds is 5. The molecule has 222 valence electrons. The van der Waals surface area contributed by atoms with Gasteiger partial charge in [0.15, 0.2) is 34.7 Å². The Kier molecular flexibility index (Phi) is 7.28. The Bertz CT molecular complexity index is 1390. The number of phenols is 1. The van der Waals surface area contributed by atoms with E-state index < -0.39 is 99.9 Å². The number of benzene rings is 1. The normalized spacial score (nSPS) is 29.5. The lowest BCUT2D eigenvalue weighted by molar-refractivity contribution is -0.181. The Labute approximate surface area is 231 Å². The number of carbonyl (C=O) groups is 6. The fourth-order valence-corrected chi connectivity index (χ4v) is 6.50. The Morgan fingerprint density at radius 2 is 1.73 bits per heavy atom. The molecule has 3 aliphatic carbocycles. The molecule has 5 N–H and O–H groups in total. The number of nitrogens with two attached hydrogens (primary N) is 1. The molecule has 2 fully saturated rings. The van der Waals surface area contributed by atoms with Crippen molar-refractivity contribution in [2.75, 3.05) is 39.6 Å². The van der Waals surface area contributed by atoms with Crippen LogP contribution in [-0.2, 0) is 25.6 Å². The number of anilines is 1. The van der Waals surface area contributed by atoms with E-state index in [0.29, 0.717) is 0 Å². The molecule has 0 saturated heterocycles. The van der Waals surface area contributed by atoms with E-state index in [2.05, 4.69) is 0 Å². The van der Waals surface area contributed by atoms with Crippen molar-refractivity contribution in [3.8, 4) is 5.75 Å². The number of fused-ring (bicyclic) bond motifs is 3. The number of primary amides is 1. The highest BCUT2D eigenvalue weighted by atomic mass is 19.4. The maximum Gasteiger partial charge on any atom is 0.405 e. The summed E-state index contributed by atoms with van der Waals surface area (Å²) in [7, 11) is 6.00. The first-order valence-corrected chi connectivity index (χ1v) is 12.6. The fraction of sp³-hybridized carbons (Fsp3) is 0.538. The number of carbonyl (C=O) groups excluding carboxylic acids is 6. The predicted octanol–water partition coefficient (Wildman–Crippen LogP) is -0.775. The number of aromatic hydroxyl groups is 1. The van der Waals surface area contributed by atoms with Crippen LogP contribution in [0.2, 0.25) is 0 Å². The second-order valence-electron chi connectivity index (χ2n) is 11.1. The Morgan fingerprint density at radius 3 is 2.24 bits per heavy atom. The summed E-state index contributed by atoms with van der Waals surface area (Å²) in [4.78, 5) is 81.7. The lowest BCUT2D eigenvalue weighted by Gasteiger charge is -2.52. The number of likely N-dealkylation sites (N-methyl/N-ethyl adjacent to an activating group) is 1. The van der Waals surface area contributed by atoms with E-state index in [1.807, 2.05) is 0 Å². The van der Waals surface area contributed by atoms with E-state index in [-0.39, 0.29) is 24.1 Å². The van der Waals surface area contributed by atoms with E-state index in [0.717, 1.165) is 6.07 Å². The first kappa shape index (κ1) is 30.1. The number of halogens is 3. The van der Waals surface area contributed by atoms with Crippen molar-refractivity contribution in [2.45, 2.75) is 30.7 Å². The SMILES string of the molecule is CN(C)c1cc(C(=O)NCC(F)(F)F)c(O)c2c1C[C@H]1C[C@H]3[C@H](N(C)C)C(=O)C(C(N)=O)C(=O)[C@@]3(O)C(=O)C1C2=O. The summed E-state index contributed by atoms with van der Waals surface area (Å²) >= 11 is 0. The highest BCUT2D eigenvalue weighted by Gasteiger charge is 2.69. The number of alkyl halides is 3. The fourth-order valence-electron chi connectivity index (χ4n) is 6.50. The van der Waals surface area contributed by atoms with Crippen LogP contribution in [0, 0.1) is 23.7 Å². The molecule has 2 saturated carbocycles. The molecule has 4 rings (SSSR count). The van der Waals surface area contributed by atoms with Gasteiger partial charge in [-0.15, -0.1) is 0 Å². The second kappa shape index (κ2) is 9.91. The van der Waals surface area contributed by atoms with Gasteiger partial charge in [-0.3, -0.25) is 33.7 Å². The molecule has 0 heterocycles. The summed E-state index contributed by atoms with van der Waals surface area (Å²) in [6.45, 7) is -1.71. The number of hydrogen-bond donors (Lipinski definition) is 4. The minimum atomic E-state index is -4.76. The third-order valence-corrected chi connectivity index (χ3v) is 8.21. The van der Waals surface area contributed by atoms with E-state index in [9.17, 15) is 52.2 Å². The second-order valence-corrected chi connectivity index (χ2v) is 11.1. The van der Waals surface area contributed by atoms with Crippen molar-refractivity contribution in [2.24, 2.45) is 29.4 Å². The van der Waals surface area contributed by atoms with Gasteiger partial charge >= 0.3 is 6.18 Å². The lowest BCUT2D eigenvalue weighted by Crippen LogP contribution is -2.74. The van der Waals surface area contributed by atoms with Gasteiger partial charge in [-0.25, -0.2) is 0 Å². The molecule has 41 heavy (non-hydrogen) atoms. The van der Waals surface area contributed by atoms with Gasteiger partial charge in [0, 0.05) is 25.7 Å². The molecule has 1 aromatic carbocycles. The molecular formula is C26H29F3N4O8. The zero-order chi connectivity index (χ0) is 30.9. The van der Waals surface area contributed by atoms with Crippen LogP contribution in [-0.4, -0.2) is 103 Å². The van der Waals surface area contributed by atoms with E-state index >= 15 is 0 Å². The van der Waals surface area contributed by atoms with Crippen molar-refractivity contribution >= 4 is 40.6 Å². The summed E-state index contributed by atoms with van der Waals surface area (Å²) in [6, 6.07) is -0.139. The predicted molar refractivity (Wildman–Crippen MR) is 134 cm³/mol. The number of Topliss-reactive ketones (excluding diaryl/α,β-unsaturated/α-hetero) is 4. The molecule has 0 radical (unpaired) electrons. The van der Waals surface area contributed by atoms with E-state index in [1.165, 1.54) is 38.0 Å². The van der Waals surface area contributed by atoms with Gasteiger partial charge in [-0.1, -0.05) is 0 Å². The van der Waals surface area contributed by atoms with Gasteiger partial charge in [0.2, 0.25) is 5.91 Å². The molecule has 1 aromatic rings. The molecule has 15 heteroatoms. The van der Waals surface area contributed by atoms with Gasteiger partial charge in [0.05, 0.1) is 23.1 Å². The third kappa shape index (κ3) is 4.56. The molecule has 0 aromatic heterocycles. The minimum absolute atomic E-state index is 0.0721. The number of nitrogens with zero attached hydrogens (tertiary/aromatic N) is 2. The van der Waals surface area contributed by atoms with Crippen molar-refractivity contribution in [1.29, 1.82) is 0 Å². The lowest BCUT2D eigenvalue weighted by atomic mass is 9.52. The Balaban J connectivity index is 1.86. The zero-order valence-electron chi connectivity index (χ0n) is 22.5. The topological polar surface area (TPSA) is 187 Å². The maximum absolute atomic E-state index is 13.9. The van der Waals surface area contributed by atoms with Crippen LogP contribution in [0.25, 0.3) is 0 Å². The molecular weight excluding hydrogens is 553 g/mol. The average Bonchev–Trinajstić information content (AvgIpc) is 2.83. The third-order valence-electron chi connectivity index (χ3n) is 8.21. The number of aliphatic hydroxyl groups is 1. The van der Waals surface area contributed by atoms with Crippen LogP contribution in [0.5, 0.6) is 5.75 Å². The van der Waals surface area contributed by atoms with Gasteiger partial charge in [0.25, 0.3) is 5.91 Å². The summed E-state index contributed by atoms with van der Waals surface area (Å²) in [5, 5.41) is 24.2. The number of ketones is 4. The van der Waals surface area contributed by atoms with Crippen LogP contribution in [0.4, 0.5) is 18.9 Å². The molecule has 12 nitrogen and oxygen atoms in total. The van der Waals surface area contributed by atoms with Gasteiger partial charge < -0.3 is 26.2 Å². The zero-order valence-corrected chi connectivity index (χ0v) is 22.5. The van der Waals surface area contributed by atoms with Crippen LogP contribution in [0.3, 0.4) is 0 Å². The summed E-state index contributed by atoms with van der Waals surface area (Å²) in [5.74, 6) is -14.3. The van der Waals surface area contributed by atoms with E-state index in [1.54, 1.807) is 5.32 Å². The average molecular weight is 583 g/mol. The van der Waals surface area contributed by atoms with Crippen LogP contribution >= 0.6 is 0 Å². The summed E-state index contributed by atoms with van der Waals surface area (Å²) < 4.78 is 38.1. The number of phenolic OH excluding ortho intramolecular Hbond substituents is 1. The summed E-state index contributed by atoms with van der Waals surface area (Å²) in [6.07, 6.45) is -5.00. The van der Waals surface area contributed by atoms with Crippen molar-refractivity contribution in [3.05, 3.63) is 22.8 Å². The van der Waals surface area contributed by atoms with Crippen LogP contribution < -0.4 is 16.0 Å². The molecule has 2 unspecified atom stereocenters. The molecule has 0 aliphatic heterocycles. The number of amides is 2. The van der Waals surface area contributed by atoms with Gasteiger partial charge in [-0.05, 0) is 44.5 Å². The van der Waals surface area contributed by atoms with Crippen molar-refractivity contribution < 1.29 is 52.2 Å². The number of nitrogens with one attached hydrogen (secondary N) is 1. The molecule has 6 atom stereocenters. The van der Waals surface area contributed by atoms with Gasteiger partial charge in [0.1, 0.15) is 12.3 Å². The minimum Gasteiger partial charge on any atom is -0.506 e. The van der Waals surface area contributed by atoms with Crippen molar-refractivity contribution in [3.63, 3.8) is 0 Å². The highest BCUT2D eigenvalue weighted by Crippen LogP contribution is 2.52. The smallest absolute Gasteiger partial charge is 0.405 e. The monoisotopic (exact) mass is 582 g/mol. The number of hydrogen-bond acceptors (Lipinski definition) is 10.